The topological polar surface area (TPSA) is 56.8 Å². The first-order valence-electron chi connectivity index (χ1n) is 8.71. The Morgan fingerprint density at radius 1 is 1.13 bits per heavy atom. The predicted molar refractivity (Wildman–Crippen MR) is 91.5 cm³/mol. The molecular weight excluding hydrogens is 293 g/mol. The van der Waals surface area contributed by atoms with Gasteiger partial charge in [-0.05, 0) is 80.5 Å². The summed E-state index contributed by atoms with van der Waals surface area (Å²) < 4.78 is 17.5. The van der Waals surface area contributed by atoms with Gasteiger partial charge in [0, 0.05) is 5.54 Å². The molecule has 1 aliphatic heterocycles. The van der Waals surface area contributed by atoms with E-state index < -0.39 is 5.60 Å². The van der Waals surface area contributed by atoms with Gasteiger partial charge in [0.2, 0.25) is 0 Å². The summed E-state index contributed by atoms with van der Waals surface area (Å²) in [6, 6.07) is 0. The zero-order valence-electron chi connectivity index (χ0n) is 15.7. The van der Waals surface area contributed by atoms with Gasteiger partial charge in [-0.2, -0.15) is 0 Å². The van der Waals surface area contributed by atoms with Crippen molar-refractivity contribution in [2.75, 3.05) is 0 Å². The molecule has 2 rings (SSSR count). The monoisotopic (exact) mass is 325 g/mol. The maximum atomic E-state index is 12.1. The van der Waals surface area contributed by atoms with E-state index in [1.54, 1.807) is 0 Å². The second-order valence-electron chi connectivity index (χ2n) is 8.99. The molecule has 0 spiro atoms. The molecule has 0 aromatic rings. The smallest absolute Gasteiger partial charge is 0.444 e. The van der Waals surface area contributed by atoms with Crippen molar-refractivity contribution in [3.63, 3.8) is 0 Å². The van der Waals surface area contributed by atoms with Gasteiger partial charge in [0.05, 0.1) is 11.2 Å². The number of hydrogen-bond acceptors (Lipinski definition) is 4. The summed E-state index contributed by atoms with van der Waals surface area (Å²) in [4.78, 5) is 12.1. The Labute approximate surface area is 141 Å². The number of rotatable bonds is 4. The van der Waals surface area contributed by atoms with Crippen LogP contribution in [0.2, 0.25) is 6.32 Å². The van der Waals surface area contributed by atoms with E-state index >= 15 is 0 Å². The van der Waals surface area contributed by atoms with E-state index in [4.69, 9.17) is 14.0 Å². The summed E-state index contributed by atoms with van der Waals surface area (Å²) in [5.74, 6) is 0. The molecule has 0 unspecified atom stereocenters. The highest BCUT2D eigenvalue weighted by molar-refractivity contribution is 6.45. The van der Waals surface area contributed by atoms with E-state index in [1.807, 2.05) is 20.8 Å². The molecule has 2 fully saturated rings. The number of carbonyl (C=O) groups excluding carboxylic acids is 1. The average molecular weight is 325 g/mol. The highest BCUT2D eigenvalue weighted by Crippen LogP contribution is 2.41. The average Bonchev–Trinajstić information content (AvgIpc) is 2.48. The van der Waals surface area contributed by atoms with Gasteiger partial charge in [-0.3, -0.25) is 0 Å². The van der Waals surface area contributed by atoms with Gasteiger partial charge in [0.25, 0.3) is 0 Å². The Morgan fingerprint density at radius 3 is 2.04 bits per heavy atom. The normalized spacial score (nSPS) is 24.9. The number of nitrogens with one attached hydrogen (secondary N) is 1. The molecule has 23 heavy (non-hydrogen) atoms. The number of amides is 1. The summed E-state index contributed by atoms with van der Waals surface area (Å²) in [6.45, 7) is 13.9. The standard InChI is InChI=1S/C17H32BNO4/c1-14(2,3)21-13(20)19-17(9-8-10-17)11-12-18-22-15(4,5)16(6,7)23-18/h8-12H2,1-7H3,(H,19,20). The summed E-state index contributed by atoms with van der Waals surface area (Å²) in [5.41, 5.74) is -1.24. The maximum absolute atomic E-state index is 12.1. The van der Waals surface area contributed by atoms with E-state index in [9.17, 15) is 4.79 Å². The Hall–Kier alpha value is -0.745. The lowest BCUT2D eigenvalue weighted by Crippen LogP contribution is -2.54. The zero-order chi connectivity index (χ0) is 17.5. The van der Waals surface area contributed by atoms with E-state index in [-0.39, 0.29) is 30.0 Å². The Morgan fingerprint density at radius 2 is 1.65 bits per heavy atom. The molecule has 0 aromatic heterocycles. The first kappa shape index (κ1) is 18.6. The second kappa shape index (κ2) is 5.96. The number of ether oxygens (including phenoxy) is 1. The van der Waals surface area contributed by atoms with Crippen LogP contribution < -0.4 is 5.32 Å². The molecule has 1 amide bonds. The summed E-state index contributed by atoms with van der Waals surface area (Å²) in [6.07, 6.45) is 4.42. The van der Waals surface area contributed by atoms with Gasteiger partial charge in [0.1, 0.15) is 5.60 Å². The van der Waals surface area contributed by atoms with E-state index in [2.05, 4.69) is 33.0 Å². The Kier molecular flexibility index (Phi) is 4.82. The fourth-order valence-electron chi connectivity index (χ4n) is 3.04. The molecule has 1 heterocycles. The molecule has 0 bridgehead atoms. The van der Waals surface area contributed by atoms with Gasteiger partial charge in [0.15, 0.2) is 0 Å². The third-order valence-electron chi connectivity index (χ3n) is 5.24. The fourth-order valence-corrected chi connectivity index (χ4v) is 3.04. The molecule has 2 aliphatic rings. The summed E-state index contributed by atoms with van der Waals surface area (Å²) in [5, 5.41) is 3.08. The van der Waals surface area contributed by atoms with E-state index in [0.29, 0.717) is 0 Å². The molecule has 0 atom stereocenters. The van der Waals surface area contributed by atoms with Gasteiger partial charge in [-0.25, -0.2) is 4.79 Å². The van der Waals surface area contributed by atoms with Crippen LogP contribution in [0.5, 0.6) is 0 Å². The van der Waals surface area contributed by atoms with Crippen molar-refractivity contribution in [1.82, 2.24) is 5.32 Å². The second-order valence-corrected chi connectivity index (χ2v) is 8.99. The molecule has 6 heteroatoms. The van der Waals surface area contributed by atoms with Gasteiger partial charge in [-0.15, -0.1) is 0 Å². The van der Waals surface area contributed by atoms with Crippen LogP contribution in [0.1, 0.15) is 74.1 Å². The third kappa shape index (κ3) is 4.41. The van der Waals surface area contributed by atoms with Crippen molar-refractivity contribution in [3.05, 3.63) is 0 Å². The number of carbonyl (C=O) groups is 1. The quantitative estimate of drug-likeness (QED) is 0.796. The highest BCUT2D eigenvalue weighted by atomic mass is 16.7. The lowest BCUT2D eigenvalue weighted by atomic mass is 9.68. The van der Waals surface area contributed by atoms with Crippen LogP contribution >= 0.6 is 0 Å². The third-order valence-corrected chi connectivity index (χ3v) is 5.24. The largest absolute Gasteiger partial charge is 0.457 e. The molecule has 1 saturated carbocycles. The van der Waals surface area contributed by atoms with Crippen molar-refractivity contribution in [3.8, 4) is 0 Å². The molecule has 1 saturated heterocycles. The van der Waals surface area contributed by atoms with Crippen LogP contribution in [0.25, 0.3) is 0 Å². The number of hydrogen-bond donors (Lipinski definition) is 1. The lowest BCUT2D eigenvalue weighted by molar-refractivity contribution is 0.00578. The van der Waals surface area contributed by atoms with Crippen LogP contribution in [0.15, 0.2) is 0 Å². The van der Waals surface area contributed by atoms with Crippen LogP contribution in [0, 0.1) is 0 Å². The molecule has 1 N–H and O–H groups in total. The minimum Gasteiger partial charge on any atom is -0.444 e. The minimum absolute atomic E-state index is 0.161. The maximum Gasteiger partial charge on any atom is 0.457 e. The Balaban J connectivity index is 1.87. The minimum atomic E-state index is -0.471. The van der Waals surface area contributed by atoms with E-state index in [0.717, 1.165) is 32.0 Å². The van der Waals surface area contributed by atoms with Crippen LogP contribution in [-0.4, -0.2) is 35.6 Å². The summed E-state index contributed by atoms with van der Waals surface area (Å²) >= 11 is 0. The van der Waals surface area contributed by atoms with Crippen molar-refractivity contribution in [2.45, 2.75) is 103 Å². The van der Waals surface area contributed by atoms with Crippen LogP contribution in [0.3, 0.4) is 0 Å². The predicted octanol–water partition coefficient (Wildman–Crippen LogP) is 3.92. The lowest BCUT2D eigenvalue weighted by Gasteiger charge is -2.43. The first-order chi connectivity index (χ1) is 10.3. The van der Waals surface area contributed by atoms with E-state index in [1.165, 1.54) is 0 Å². The van der Waals surface area contributed by atoms with Crippen molar-refractivity contribution in [2.24, 2.45) is 0 Å². The molecule has 5 nitrogen and oxygen atoms in total. The molecular formula is C17H32BNO4. The molecule has 0 radical (unpaired) electrons. The zero-order valence-corrected chi connectivity index (χ0v) is 15.7. The van der Waals surface area contributed by atoms with Gasteiger partial charge >= 0.3 is 13.2 Å². The molecule has 132 valence electrons. The number of alkyl carbamates (subject to hydrolysis) is 1. The SMILES string of the molecule is CC(C)(C)OC(=O)NC1(CCB2OC(C)(C)C(C)(C)O2)CCC1. The fraction of sp³-hybridized carbons (Fsp3) is 0.941. The molecule has 1 aliphatic carbocycles. The van der Waals surface area contributed by atoms with Crippen LogP contribution in [0.4, 0.5) is 4.79 Å². The van der Waals surface area contributed by atoms with Crippen molar-refractivity contribution >= 4 is 13.2 Å². The van der Waals surface area contributed by atoms with Crippen molar-refractivity contribution < 1.29 is 18.8 Å². The van der Waals surface area contributed by atoms with Crippen molar-refractivity contribution in [1.29, 1.82) is 0 Å². The first-order valence-corrected chi connectivity index (χ1v) is 8.71. The molecule has 0 aromatic carbocycles. The van der Waals surface area contributed by atoms with Crippen LogP contribution in [-0.2, 0) is 14.0 Å². The highest BCUT2D eigenvalue weighted by Gasteiger charge is 2.51. The van der Waals surface area contributed by atoms with Gasteiger partial charge < -0.3 is 19.4 Å². The van der Waals surface area contributed by atoms with Gasteiger partial charge in [-0.1, -0.05) is 0 Å². The Bertz CT molecular complexity index is 436. The summed E-state index contributed by atoms with van der Waals surface area (Å²) in [7, 11) is -0.210.